The number of ether oxygens (including phenoxy) is 2. The molecule has 2 rings (SSSR count). The Morgan fingerprint density at radius 1 is 1.23 bits per heavy atom. The third kappa shape index (κ3) is 3.64. The number of hydrogen-bond acceptors (Lipinski definition) is 8. The van der Waals surface area contributed by atoms with Gasteiger partial charge >= 0.3 is 16.9 Å². The number of hydrogen-bond donors (Lipinski definition) is 1. The molecule has 26 heavy (non-hydrogen) atoms. The molecular weight excluding hydrogens is 364 g/mol. The van der Waals surface area contributed by atoms with Crippen LogP contribution < -0.4 is 0 Å². The lowest BCUT2D eigenvalue weighted by molar-refractivity contribution is -0.380. The normalized spacial score (nSPS) is 11.7. The Labute approximate surface area is 152 Å². The fourth-order valence-corrected chi connectivity index (χ4v) is 3.12. The SMILES string of the molecule is COC(=O)c1c(C)[nH]c(C(=O)C(C)OC(=O)c2ccc([N+](=O)[O-])s2)c1C. The number of nitrogens with zero attached hydrogens (tertiary/aromatic N) is 1. The number of nitro groups is 1. The zero-order valence-corrected chi connectivity index (χ0v) is 15.3. The number of methoxy groups -OCH3 is 1. The average molecular weight is 380 g/mol. The van der Waals surface area contributed by atoms with Gasteiger partial charge in [0.15, 0.2) is 6.10 Å². The van der Waals surface area contributed by atoms with E-state index < -0.39 is 28.7 Å². The van der Waals surface area contributed by atoms with Gasteiger partial charge in [0.25, 0.3) is 0 Å². The molecule has 138 valence electrons. The van der Waals surface area contributed by atoms with E-state index in [0.717, 1.165) is 0 Å². The van der Waals surface area contributed by atoms with Gasteiger partial charge in [-0.05, 0) is 32.4 Å². The van der Waals surface area contributed by atoms with Gasteiger partial charge in [-0.1, -0.05) is 11.3 Å². The van der Waals surface area contributed by atoms with Crippen molar-refractivity contribution in [3.8, 4) is 0 Å². The van der Waals surface area contributed by atoms with E-state index in [9.17, 15) is 24.5 Å². The summed E-state index contributed by atoms with van der Waals surface area (Å²) in [4.78, 5) is 49.3. The van der Waals surface area contributed by atoms with Crippen LogP contribution in [0.3, 0.4) is 0 Å². The lowest BCUT2D eigenvalue weighted by Crippen LogP contribution is -2.25. The Bertz CT molecular complexity index is 897. The molecule has 0 aliphatic heterocycles. The second kappa shape index (κ2) is 7.48. The highest BCUT2D eigenvalue weighted by Gasteiger charge is 2.28. The lowest BCUT2D eigenvalue weighted by Gasteiger charge is -2.11. The zero-order valence-electron chi connectivity index (χ0n) is 14.4. The maximum absolute atomic E-state index is 12.6. The first-order valence-electron chi connectivity index (χ1n) is 7.44. The molecule has 0 aliphatic rings. The quantitative estimate of drug-likeness (QED) is 0.353. The molecule has 0 aliphatic carbocycles. The smallest absolute Gasteiger partial charge is 0.349 e. The van der Waals surface area contributed by atoms with Gasteiger partial charge < -0.3 is 14.5 Å². The van der Waals surface area contributed by atoms with Crippen LogP contribution in [0.4, 0.5) is 5.00 Å². The largest absolute Gasteiger partial charge is 0.465 e. The van der Waals surface area contributed by atoms with E-state index in [1.54, 1.807) is 13.8 Å². The summed E-state index contributed by atoms with van der Waals surface area (Å²) in [6.07, 6.45) is -1.15. The zero-order chi connectivity index (χ0) is 19.6. The molecule has 0 amide bonds. The Balaban J connectivity index is 2.18. The molecule has 0 fully saturated rings. The number of ketones is 1. The van der Waals surface area contributed by atoms with Gasteiger partial charge in [-0.15, -0.1) is 0 Å². The first-order valence-corrected chi connectivity index (χ1v) is 8.25. The van der Waals surface area contributed by atoms with Crippen LogP contribution in [0.15, 0.2) is 12.1 Å². The van der Waals surface area contributed by atoms with E-state index in [4.69, 9.17) is 4.74 Å². The molecular formula is C16H16N2O7S. The number of H-pyrrole nitrogens is 1. The maximum atomic E-state index is 12.6. The van der Waals surface area contributed by atoms with Crippen molar-refractivity contribution < 1.29 is 28.8 Å². The molecule has 0 saturated carbocycles. The predicted molar refractivity (Wildman–Crippen MR) is 91.8 cm³/mol. The summed E-state index contributed by atoms with van der Waals surface area (Å²) < 4.78 is 9.79. The molecule has 1 N–H and O–H groups in total. The number of carbonyl (C=O) groups excluding carboxylic acids is 3. The van der Waals surface area contributed by atoms with Crippen LogP contribution in [0.25, 0.3) is 0 Å². The molecule has 1 unspecified atom stereocenters. The van der Waals surface area contributed by atoms with Crippen LogP contribution >= 0.6 is 11.3 Å². The summed E-state index contributed by atoms with van der Waals surface area (Å²) in [6, 6.07) is 2.45. The van der Waals surface area contributed by atoms with Crippen LogP contribution in [-0.4, -0.2) is 40.8 Å². The topological polar surface area (TPSA) is 129 Å². The predicted octanol–water partition coefficient (Wildman–Crippen LogP) is 2.82. The monoisotopic (exact) mass is 380 g/mol. The van der Waals surface area contributed by atoms with Crippen molar-refractivity contribution in [3.05, 3.63) is 49.6 Å². The summed E-state index contributed by atoms with van der Waals surface area (Å²) in [5, 5.41) is 10.5. The van der Waals surface area contributed by atoms with E-state index in [-0.39, 0.29) is 21.1 Å². The Kier molecular flexibility index (Phi) is 5.56. The fourth-order valence-electron chi connectivity index (χ4n) is 2.42. The van der Waals surface area contributed by atoms with Crippen molar-refractivity contribution in [1.82, 2.24) is 4.98 Å². The van der Waals surface area contributed by atoms with E-state index in [1.165, 1.54) is 26.2 Å². The van der Waals surface area contributed by atoms with Gasteiger partial charge in [0.1, 0.15) is 4.88 Å². The molecule has 0 radical (unpaired) electrons. The minimum Gasteiger partial charge on any atom is -0.465 e. The molecule has 2 heterocycles. The van der Waals surface area contributed by atoms with E-state index in [0.29, 0.717) is 22.6 Å². The summed E-state index contributed by atoms with van der Waals surface area (Å²) in [5.74, 6) is -1.94. The number of thiophene rings is 1. The minimum atomic E-state index is -1.15. The summed E-state index contributed by atoms with van der Waals surface area (Å²) in [5.41, 5.74) is 1.25. The lowest BCUT2D eigenvalue weighted by atomic mass is 10.1. The van der Waals surface area contributed by atoms with E-state index >= 15 is 0 Å². The first kappa shape index (κ1) is 19.3. The van der Waals surface area contributed by atoms with Crippen molar-refractivity contribution in [2.75, 3.05) is 7.11 Å². The molecule has 2 aromatic heterocycles. The van der Waals surface area contributed by atoms with E-state index in [1.807, 2.05) is 0 Å². The van der Waals surface area contributed by atoms with Gasteiger partial charge in [-0.2, -0.15) is 0 Å². The van der Waals surface area contributed by atoms with E-state index in [2.05, 4.69) is 9.72 Å². The first-order chi connectivity index (χ1) is 12.2. The molecule has 1 atom stereocenters. The highest BCUT2D eigenvalue weighted by molar-refractivity contribution is 7.17. The highest BCUT2D eigenvalue weighted by atomic mass is 32.1. The number of aromatic nitrogens is 1. The molecule has 9 nitrogen and oxygen atoms in total. The van der Waals surface area contributed by atoms with Gasteiger partial charge in [-0.25, -0.2) is 9.59 Å². The summed E-state index contributed by atoms with van der Waals surface area (Å²) in [7, 11) is 1.24. The summed E-state index contributed by atoms with van der Waals surface area (Å²) in [6.45, 7) is 4.59. The van der Waals surface area contributed by atoms with Crippen molar-refractivity contribution in [3.63, 3.8) is 0 Å². The van der Waals surface area contributed by atoms with Gasteiger partial charge in [0, 0.05) is 11.8 Å². The third-order valence-electron chi connectivity index (χ3n) is 3.70. The number of Topliss-reactive ketones (excluding diaryl/α,β-unsaturated/α-hetero) is 1. The molecule has 0 bridgehead atoms. The summed E-state index contributed by atoms with van der Waals surface area (Å²) >= 11 is 0.661. The molecule has 0 saturated heterocycles. The van der Waals surface area contributed by atoms with Gasteiger partial charge in [-0.3, -0.25) is 14.9 Å². The third-order valence-corrected chi connectivity index (χ3v) is 4.72. The van der Waals surface area contributed by atoms with Gasteiger partial charge in [0.05, 0.1) is 23.3 Å². The van der Waals surface area contributed by atoms with Crippen LogP contribution in [0.2, 0.25) is 0 Å². The molecule has 0 aromatic carbocycles. The fraction of sp³-hybridized carbons (Fsp3) is 0.312. The highest BCUT2D eigenvalue weighted by Crippen LogP contribution is 2.25. The number of carbonyl (C=O) groups is 3. The molecule has 0 spiro atoms. The number of esters is 2. The molecule has 10 heteroatoms. The minimum absolute atomic E-state index is 0.0194. The van der Waals surface area contributed by atoms with Crippen LogP contribution in [0, 0.1) is 24.0 Å². The van der Waals surface area contributed by atoms with Crippen molar-refractivity contribution >= 4 is 34.1 Å². The van der Waals surface area contributed by atoms with Crippen LogP contribution in [0.1, 0.15) is 48.7 Å². The number of aromatic amines is 1. The standard InChI is InChI=1S/C16H16N2O7S/c1-7-12(16(21)24-4)8(2)17-13(7)14(19)9(3)25-15(20)10-5-6-11(26-10)18(22)23/h5-6,9,17H,1-4H3. The van der Waals surface area contributed by atoms with Crippen LogP contribution in [-0.2, 0) is 9.47 Å². The van der Waals surface area contributed by atoms with Crippen molar-refractivity contribution in [2.45, 2.75) is 26.9 Å². The Hall–Kier alpha value is -3.01. The Morgan fingerprint density at radius 3 is 2.42 bits per heavy atom. The second-order valence-electron chi connectivity index (χ2n) is 5.42. The number of rotatable bonds is 6. The second-order valence-corrected chi connectivity index (χ2v) is 6.49. The maximum Gasteiger partial charge on any atom is 0.349 e. The van der Waals surface area contributed by atoms with Crippen LogP contribution in [0.5, 0.6) is 0 Å². The average Bonchev–Trinajstić information content (AvgIpc) is 3.19. The van der Waals surface area contributed by atoms with Crippen molar-refractivity contribution in [1.29, 1.82) is 0 Å². The van der Waals surface area contributed by atoms with Crippen molar-refractivity contribution in [2.24, 2.45) is 0 Å². The van der Waals surface area contributed by atoms with Gasteiger partial charge in [0.2, 0.25) is 5.78 Å². The molecule has 2 aromatic rings. The Morgan fingerprint density at radius 2 is 1.88 bits per heavy atom. The number of nitrogens with one attached hydrogen (secondary N) is 1. The number of aryl methyl sites for hydroxylation is 1.